The zero-order valence-electron chi connectivity index (χ0n) is 15.1. The highest BCUT2D eigenvalue weighted by Gasteiger charge is 2.19. The number of carbonyl (C=O) groups is 1. The first-order chi connectivity index (χ1) is 13.2. The minimum Gasteiger partial charge on any atom is -0.507 e. The number of piperidine rings is 1. The van der Waals surface area contributed by atoms with E-state index < -0.39 is 0 Å². The van der Waals surface area contributed by atoms with Gasteiger partial charge in [-0.05, 0) is 53.9 Å². The summed E-state index contributed by atoms with van der Waals surface area (Å²) in [5, 5.41) is 15.2. The van der Waals surface area contributed by atoms with Crippen LogP contribution in [0.4, 0.5) is 5.69 Å². The van der Waals surface area contributed by atoms with E-state index in [1.165, 1.54) is 0 Å². The van der Waals surface area contributed by atoms with E-state index in [0.29, 0.717) is 11.6 Å². The highest BCUT2D eigenvalue weighted by atomic mass is 16.3. The van der Waals surface area contributed by atoms with Crippen molar-refractivity contribution in [3.05, 3.63) is 66.0 Å². The molecule has 1 saturated heterocycles. The van der Waals surface area contributed by atoms with E-state index in [4.69, 9.17) is 0 Å². The van der Waals surface area contributed by atoms with E-state index >= 15 is 0 Å². The second-order valence-electron chi connectivity index (χ2n) is 6.98. The van der Waals surface area contributed by atoms with Gasteiger partial charge in [0.25, 0.3) is 0 Å². The van der Waals surface area contributed by atoms with E-state index in [-0.39, 0.29) is 5.75 Å². The molecule has 27 heavy (non-hydrogen) atoms. The number of phenolic OH excluding ortho intramolecular Hbond substituents is 1. The number of aromatic hydroxyl groups is 1. The summed E-state index contributed by atoms with van der Waals surface area (Å²) in [4.78, 5) is 18.0. The molecule has 1 aliphatic rings. The fourth-order valence-electron chi connectivity index (χ4n) is 3.74. The molecular formula is C22H23N3O2. The lowest BCUT2D eigenvalue weighted by molar-refractivity contribution is 0.112. The molecule has 0 atom stereocenters. The number of benzene rings is 2. The second kappa shape index (κ2) is 7.76. The average Bonchev–Trinajstić information content (AvgIpc) is 2.73. The van der Waals surface area contributed by atoms with E-state index in [1.54, 1.807) is 6.07 Å². The topological polar surface area (TPSA) is 65.5 Å². The maximum absolute atomic E-state index is 11.2. The predicted molar refractivity (Wildman–Crippen MR) is 107 cm³/mol. The molecule has 4 rings (SSSR count). The minimum absolute atomic E-state index is 0.0324. The lowest BCUT2D eigenvalue weighted by Gasteiger charge is -2.34. The van der Waals surface area contributed by atoms with Gasteiger partial charge in [0.15, 0.2) is 6.29 Å². The molecule has 2 aromatic carbocycles. The molecule has 0 saturated carbocycles. The Bertz CT molecular complexity index is 935. The number of fused-ring (bicyclic) bond motifs is 1. The molecule has 2 heterocycles. The molecule has 3 aromatic rings. The Morgan fingerprint density at radius 2 is 2.00 bits per heavy atom. The molecule has 0 aliphatic carbocycles. The Balaban J connectivity index is 1.40. The third-order valence-corrected chi connectivity index (χ3v) is 5.30. The van der Waals surface area contributed by atoms with Crippen LogP contribution in [0.15, 0.2) is 54.7 Å². The molecule has 0 bridgehead atoms. The van der Waals surface area contributed by atoms with Crippen molar-refractivity contribution in [1.82, 2.24) is 10.3 Å². The van der Waals surface area contributed by atoms with Crippen LogP contribution in [0.5, 0.6) is 5.75 Å². The summed E-state index contributed by atoms with van der Waals surface area (Å²) in [5.74, 6) is 0.0324. The smallest absolute Gasteiger partial charge is 0.154 e. The third-order valence-electron chi connectivity index (χ3n) is 5.30. The van der Waals surface area contributed by atoms with Gasteiger partial charge < -0.3 is 15.3 Å². The zero-order chi connectivity index (χ0) is 18.6. The molecule has 0 unspecified atom stereocenters. The van der Waals surface area contributed by atoms with Crippen molar-refractivity contribution in [1.29, 1.82) is 0 Å². The fraction of sp³-hybridized carbons (Fsp3) is 0.273. The van der Waals surface area contributed by atoms with Crippen LogP contribution in [0.1, 0.15) is 28.9 Å². The van der Waals surface area contributed by atoms with Crippen molar-refractivity contribution in [3.63, 3.8) is 0 Å². The Hall–Kier alpha value is -2.92. The number of hydrogen-bond donors (Lipinski definition) is 2. The highest BCUT2D eigenvalue weighted by molar-refractivity contribution is 6.01. The monoisotopic (exact) mass is 361 g/mol. The lowest BCUT2D eigenvalue weighted by Crippen LogP contribution is -2.42. The van der Waals surface area contributed by atoms with Crippen molar-refractivity contribution < 1.29 is 9.90 Å². The maximum Gasteiger partial charge on any atom is 0.154 e. The average molecular weight is 361 g/mol. The largest absolute Gasteiger partial charge is 0.507 e. The van der Waals surface area contributed by atoms with Gasteiger partial charge in [-0.25, -0.2) is 0 Å². The highest BCUT2D eigenvalue weighted by Crippen LogP contribution is 2.30. The van der Waals surface area contributed by atoms with Crippen LogP contribution in [0, 0.1) is 0 Å². The number of nitrogens with zero attached hydrogens (tertiary/aromatic N) is 2. The number of hydrogen-bond acceptors (Lipinski definition) is 5. The molecule has 1 fully saturated rings. The van der Waals surface area contributed by atoms with Crippen molar-refractivity contribution in [3.8, 4) is 5.75 Å². The third kappa shape index (κ3) is 3.78. The Morgan fingerprint density at radius 1 is 1.15 bits per heavy atom. The van der Waals surface area contributed by atoms with Crippen LogP contribution in [-0.4, -0.2) is 35.5 Å². The standard InChI is InChI=1S/C22H23N3O2/c26-15-21-20-6-5-19(13-16(20)4-7-22(21)27)25-11-8-17(9-12-25)24-14-18-3-1-2-10-23-18/h1-7,10,13,15,17,24,27H,8-9,11-12,14H2. The van der Waals surface area contributed by atoms with Crippen LogP contribution < -0.4 is 10.2 Å². The number of carbonyl (C=O) groups excluding carboxylic acids is 1. The van der Waals surface area contributed by atoms with Gasteiger partial charge in [-0.1, -0.05) is 18.2 Å². The number of aromatic nitrogens is 1. The first kappa shape index (κ1) is 17.5. The number of phenols is 1. The molecule has 138 valence electrons. The van der Waals surface area contributed by atoms with E-state index in [1.807, 2.05) is 42.6 Å². The molecule has 5 nitrogen and oxygen atoms in total. The van der Waals surface area contributed by atoms with Crippen LogP contribution in [-0.2, 0) is 6.54 Å². The van der Waals surface area contributed by atoms with Gasteiger partial charge in [0, 0.05) is 37.6 Å². The first-order valence-electron chi connectivity index (χ1n) is 9.34. The van der Waals surface area contributed by atoms with Crippen LogP contribution in [0.25, 0.3) is 10.8 Å². The summed E-state index contributed by atoms with van der Waals surface area (Å²) in [6.45, 7) is 2.79. The number of aldehydes is 1. The maximum atomic E-state index is 11.2. The van der Waals surface area contributed by atoms with E-state index in [2.05, 4.69) is 21.3 Å². The molecule has 5 heteroatoms. The van der Waals surface area contributed by atoms with Crippen molar-refractivity contribution in [2.75, 3.05) is 18.0 Å². The SMILES string of the molecule is O=Cc1c(O)ccc2cc(N3CCC(NCc4ccccn4)CC3)ccc12. The Labute approximate surface area is 158 Å². The second-order valence-corrected chi connectivity index (χ2v) is 6.98. The van der Waals surface area contributed by atoms with Gasteiger partial charge in [0.05, 0.1) is 11.3 Å². The minimum atomic E-state index is 0.0324. The van der Waals surface area contributed by atoms with Gasteiger partial charge in [-0.3, -0.25) is 9.78 Å². The molecular weight excluding hydrogens is 338 g/mol. The summed E-state index contributed by atoms with van der Waals surface area (Å²) in [5.41, 5.74) is 2.59. The molecule has 0 radical (unpaired) electrons. The summed E-state index contributed by atoms with van der Waals surface area (Å²) in [6.07, 6.45) is 4.71. The van der Waals surface area contributed by atoms with Crippen LogP contribution in [0.3, 0.4) is 0 Å². The van der Waals surface area contributed by atoms with Gasteiger partial charge in [0.1, 0.15) is 5.75 Å². The van der Waals surface area contributed by atoms with Crippen LogP contribution >= 0.6 is 0 Å². The Kier molecular flexibility index (Phi) is 5.03. The Morgan fingerprint density at radius 3 is 2.74 bits per heavy atom. The zero-order valence-corrected chi connectivity index (χ0v) is 15.1. The molecule has 0 amide bonds. The lowest BCUT2D eigenvalue weighted by atomic mass is 10.0. The molecule has 0 spiro atoms. The quantitative estimate of drug-likeness (QED) is 0.681. The van der Waals surface area contributed by atoms with Crippen LogP contribution in [0.2, 0.25) is 0 Å². The number of anilines is 1. The van der Waals surface area contributed by atoms with Gasteiger partial charge in [-0.2, -0.15) is 0 Å². The fourth-order valence-corrected chi connectivity index (χ4v) is 3.74. The summed E-state index contributed by atoms with van der Waals surface area (Å²) >= 11 is 0. The normalized spacial score (nSPS) is 15.2. The van der Waals surface area contributed by atoms with Crippen molar-refractivity contribution in [2.24, 2.45) is 0 Å². The van der Waals surface area contributed by atoms with Gasteiger partial charge in [0.2, 0.25) is 0 Å². The number of pyridine rings is 1. The number of nitrogens with one attached hydrogen (secondary N) is 1. The van der Waals surface area contributed by atoms with Gasteiger partial charge in [-0.15, -0.1) is 0 Å². The van der Waals surface area contributed by atoms with E-state index in [9.17, 15) is 9.90 Å². The van der Waals surface area contributed by atoms with Crippen molar-refractivity contribution >= 4 is 22.7 Å². The summed E-state index contributed by atoms with van der Waals surface area (Å²) < 4.78 is 0. The molecule has 2 N–H and O–H groups in total. The molecule has 1 aliphatic heterocycles. The van der Waals surface area contributed by atoms with E-state index in [0.717, 1.165) is 60.9 Å². The van der Waals surface area contributed by atoms with Crippen molar-refractivity contribution in [2.45, 2.75) is 25.4 Å². The summed E-state index contributed by atoms with van der Waals surface area (Å²) in [7, 11) is 0. The number of rotatable bonds is 5. The van der Waals surface area contributed by atoms with Gasteiger partial charge >= 0.3 is 0 Å². The molecule has 1 aromatic heterocycles. The first-order valence-corrected chi connectivity index (χ1v) is 9.34. The predicted octanol–water partition coefficient (Wildman–Crippen LogP) is 3.51. The summed E-state index contributed by atoms with van der Waals surface area (Å²) in [6, 6.07) is 16.0.